The SMILES string of the molecule is C1COCCN1.COC(=O)CCC(C(N)=O)c1ccc2ccccc2n1.Cc1ccc(COc2c(Cl)ccc3c2C=NC3=O)cc1. The van der Waals surface area contributed by atoms with Crippen molar-refractivity contribution < 1.29 is 28.6 Å². The predicted octanol–water partition coefficient (Wildman–Crippen LogP) is 5.16. The first-order valence-electron chi connectivity index (χ1n) is 14.9. The zero-order valence-corrected chi connectivity index (χ0v) is 26.6. The fourth-order valence-electron chi connectivity index (χ4n) is 4.66. The molecule has 2 amide bonds. The van der Waals surface area contributed by atoms with Crippen LogP contribution < -0.4 is 15.8 Å². The van der Waals surface area contributed by atoms with Crippen molar-refractivity contribution in [3.63, 3.8) is 0 Å². The van der Waals surface area contributed by atoms with E-state index in [9.17, 15) is 14.4 Å². The highest BCUT2D eigenvalue weighted by atomic mass is 35.5. The predicted molar refractivity (Wildman–Crippen MR) is 178 cm³/mol. The van der Waals surface area contributed by atoms with Gasteiger partial charge >= 0.3 is 5.97 Å². The first-order chi connectivity index (χ1) is 22.3. The van der Waals surface area contributed by atoms with Crippen molar-refractivity contribution in [2.75, 3.05) is 33.4 Å². The second kappa shape index (κ2) is 17.2. The number of carbonyl (C=O) groups excluding carboxylic acids is 3. The molecule has 0 spiro atoms. The molecule has 240 valence electrons. The molecule has 0 aliphatic carbocycles. The summed E-state index contributed by atoms with van der Waals surface area (Å²) in [5, 5.41) is 4.64. The number of nitrogens with zero attached hydrogens (tertiary/aromatic N) is 2. The van der Waals surface area contributed by atoms with Crippen molar-refractivity contribution in [1.82, 2.24) is 10.3 Å². The lowest BCUT2D eigenvalue weighted by Gasteiger charge is -2.12. The van der Waals surface area contributed by atoms with Crippen LogP contribution in [0.5, 0.6) is 5.75 Å². The van der Waals surface area contributed by atoms with E-state index in [1.54, 1.807) is 18.2 Å². The van der Waals surface area contributed by atoms with E-state index >= 15 is 0 Å². The molecule has 46 heavy (non-hydrogen) atoms. The van der Waals surface area contributed by atoms with Crippen molar-refractivity contribution in [3.05, 3.63) is 106 Å². The Morgan fingerprint density at radius 2 is 1.76 bits per heavy atom. The van der Waals surface area contributed by atoms with Gasteiger partial charge in [-0.15, -0.1) is 0 Å². The zero-order chi connectivity index (χ0) is 32.9. The maximum Gasteiger partial charge on any atom is 0.305 e. The number of nitrogens with two attached hydrogens (primary N) is 1. The lowest BCUT2D eigenvalue weighted by atomic mass is 9.97. The minimum Gasteiger partial charge on any atom is -0.487 e. The number of aliphatic imine (C=N–C) groups is 1. The van der Waals surface area contributed by atoms with E-state index in [1.165, 1.54) is 18.9 Å². The molecule has 4 aromatic rings. The lowest BCUT2D eigenvalue weighted by molar-refractivity contribution is -0.140. The van der Waals surface area contributed by atoms with Crippen molar-refractivity contribution in [2.45, 2.75) is 32.3 Å². The normalized spacial score (nSPS) is 13.8. The van der Waals surface area contributed by atoms with Gasteiger partial charge in [0.2, 0.25) is 5.91 Å². The summed E-state index contributed by atoms with van der Waals surface area (Å²) in [5.41, 5.74) is 10.2. The average Bonchev–Trinajstić information content (AvgIpc) is 3.46. The van der Waals surface area contributed by atoms with Crippen molar-refractivity contribution in [2.24, 2.45) is 10.7 Å². The molecule has 10 nitrogen and oxygen atoms in total. The van der Waals surface area contributed by atoms with Gasteiger partial charge in [0.05, 0.1) is 48.0 Å². The molecule has 0 bridgehead atoms. The Kier molecular flexibility index (Phi) is 12.8. The summed E-state index contributed by atoms with van der Waals surface area (Å²) in [5.74, 6) is -1.18. The number of methoxy groups -OCH3 is 1. The van der Waals surface area contributed by atoms with E-state index in [1.807, 2.05) is 61.5 Å². The number of nitrogens with one attached hydrogen (secondary N) is 1. The molecule has 1 atom stereocenters. The maximum atomic E-state index is 11.6. The third kappa shape index (κ3) is 9.68. The summed E-state index contributed by atoms with van der Waals surface area (Å²) in [6, 6.07) is 22.7. The van der Waals surface area contributed by atoms with E-state index in [0.717, 1.165) is 42.8 Å². The number of aromatic nitrogens is 1. The number of primary amides is 1. The van der Waals surface area contributed by atoms with Crippen LogP contribution in [-0.2, 0) is 25.7 Å². The van der Waals surface area contributed by atoms with Crippen LogP contribution in [-0.4, -0.2) is 62.4 Å². The Labute approximate surface area is 272 Å². The third-order valence-electron chi connectivity index (χ3n) is 7.22. The smallest absolute Gasteiger partial charge is 0.305 e. The Balaban J connectivity index is 0.000000177. The Morgan fingerprint density at radius 3 is 2.41 bits per heavy atom. The molecular weight excluding hydrogens is 608 g/mol. The van der Waals surface area contributed by atoms with Gasteiger partial charge in [-0.3, -0.25) is 19.4 Å². The molecule has 1 aromatic heterocycles. The number of para-hydroxylation sites is 1. The second-order valence-corrected chi connectivity index (χ2v) is 10.9. The summed E-state index contributed by atoms with van der Waals surface area (Å²) in [6.07, 6.45) is 1.94. The summed E-state index contributed by atoms with van der Waals surface area (Å²) < 4.78 is 15.4. The highest BCUT2D eigenvalue weighted by Crippen LogP contribution is 2.33. The van der Waals surface area contributed by atoms with Crippen LogP contribution in [0.25, 0.3) is 10.9 Å². The van der Waals surface area contributed by atoms with Crippen LogP contribution >= 0.6 is 11.6 Å². The second-order valence-electron chi connectivity index (χ2n) is 10.5. The van der Waals surface area contributed by atoms with Gasteiger partial charge in [-0.05, 0) is 43.2 Å². The number of rotatable bonds is 8. The Bertz CT molecular complexity index is 1680. The number of morpholine rings is 1. The molecule has 3 N–H and O–H groups in total. The van der Waals surface area contributed by atoms with Crippen LogP contribution in [0.15, 0.2) is 77.8 Å². The number of esters is 1. The van der Waals surface area contributed by atoms with Gasteiger partial charge in [-0.2, -0.15) is 0 Å². The van der Waals surface area contributed by atoms with Gasteiger partial charge in [0.1, 0.15) is 12.4 Å². The molecule has 1 unspecified atom stereocenters. The van der Waals surface area contributed by atoms with Gasteiger partial charge < -0.3 is 25.3 Å². The first kappa shape index (κ1) is 34.2. The molecule has 0 radical (unpaired) electrons. The number of hydrogen-bond acceptors (Lipinski definition) is 8. The van der Waals surface area contributed by atoms with E-state index in [2.05, 4.69) is 20.0 Å². The maximum absolute atomic E-state index is 11.6. The summed E-state index contributed by atoms with van der Waals surface area (Å²) in [7, 11) is 1.32. The van der Waals surface area contributed by atoms with Gasteiger partial charge in [-0.1, -0.05) is 65.7 Å². The molecule has 3 aromatic carbocycles. The number of ether oxygens (including phenoxy) is 3. The highest BCUT2D eigenvalue weighted by Gasteiger charge is 2.22. The van der Waals surface area contributed by atoms with Crippen LogP contribution in [0, 0.1) is 6.92 Å². The van der Waals surface area contributed by atoms with Crippen molar-refractivity contribution >= 4 is 46.5 Å². The molecule has 2 aliphatic heterocycles. The average molecular weight is 645 g/mol. The van der Waals surface area contributed by atoms with Crippen LogP contribution in [0.3, 0.4) is 0 Å². The number of fused-ring (bicyclic) bond motifs is 2. The molecular formula is C35H37ClN4O6. The summed E-state index contributed by atoms with van der Waals surface area (Å²) in [6.45, 7) is 6.27. The van der Waals surface area contributed by atoms with Gasteiger partial charge in [-0.25, -0.2) is 4.99 Å². The summed E-state index contributed by atoms with van der Waals surface area (Å²) >= 11 is 6.15. The van der Waals surface area contributed by atoms with E-state index in [4.69, 9.17) is 26.8 Å². The van der Waals surface area contributed by atoms with Crippen molar-refractivity contribution in [3.8, 4) is 5.75 Å². The number of carbonyl (C=O) groups is 3. The Morgan fingerprint density at radius 1 is 1.02 bits per heavy atom. The third-order valence-corrected chi connectivity index (χ3v) is 7.52. The van der Waals surface area contributed by atoms with Crippen LogP contribution in [0.2, 0.25) is 5.02 Å². The minimum atomic E-state index is -0.585. The molecule has 1 saturated heterocycles. The van der Waals surface area contributed by atoms with Gasteiger partial charge in [0.15, 0.2) is 0 Å². The molecule has 3 heterocycles. The molecule has 6 rings (SSSR count). The minimum absolute atomic E-state index is 0.138. The first-order valence-corrected chi connectivity index (χ1v) is 15.2. The van der Waals surface area contributed by atoms with E-state index < -0.39 is 11.8 Å². The standard InChI is InChI=1S/C16H12ClNO2.C15H16N2O3.C4H9NO/c1-10-2-4-11(5-3-10)9-20-15-13-8-18-16(19)12(13)6-7-14(15)17;1-20-14(18)9-7-11(15(16)19)13-8-6-10-4-2-3-5-12(10)17-13;1-3-6-4-2-5-1/h2-8H,9H2,1H3;2-6,8,11H,7,9H2,1H3,(H2,16,19);5H,1-4H2. The fraction of sp³-hybridized carbons (Fsp3) is 0.286. The van der Waals surface area contributed by atoms with Crippen LogP contribution in [0.4, 0.5) is 0 Å². The number of amides is 2. The van der Waals surface area contributed by atoms with E-state index in [-0.39, 0.29) is 18.3 Å². The Hall–Kier alpha value is -4.64. The van der Waals surface area contributed by atoms with Crippen molar-refractivity contribution in [1.29, 1.82) is 0 Å². The molecule has 0 saturated carbocycles. The molecule has 2 aliphatic rings. The molecule has 11 heteroatoms. The van der Waals surface area contributed by atoms with E-state index in [0.29, 0.717) is 40.6 Å². The number of hydrogen-bond donors (Lipinski definition) is 2. The van der Waals surface area contributed by atoms with Crippen LogP contribution in [0.1, 0.15) is 51.5 Å². The number of aryl methyl sites for hydroxylation is 1. The van der Waals surface area contributed by atoms with Gasteiger partial charge in [0, 0.05) is 36.7 Å². The largest absolute Gasteiger partial charge is 0.487 e. The van der Waals surface area contributed by atoms with Gasteiger partial charge in [0.25, 0.3) is 5.91 Å². The zero-order valence-electron chi connectivity index (χ0n) is 25.8. The number of pyridine rings is 1. The quantitative estimate of drug-likeness (QED) is 0.250. The number of benzene rings is 3. The topological polar surface area (TPSA) is 142 Å². The lowest BCUT2D eigenvalue weighted by Crippen LogP contribution is -2.30. The fourth-order valence-corrected chi connectivity index (χ4v) is 4.88. The number of halogens is 1. The summed E-state index contributed by atoms with van der Waals surface area (Å²) in [4.78, 5) is 42.5. The monoisotopic (exact) mass is 644 g/mol. The highest BCUT2D eigenvalue weighted by molar-refractivity contribution is 6.33. The molecule has 1 fully saturated rings.